The molecular weight excluding hydrogens is 366 g/mol. The highest BCUT2D eigenvalue weighted by atomic mass is 16.5. The van der Waals surface area contributed by atoms with E-state index in [0.717, 1.165) is 38.3 Å². The second-order valence-electron chi connectivity index (χ2n) is 7.05. The topological polar surface area (TPSA) is 72.3 Å². The number of benzene rings is 2. The first kappa shape index (κ1) is 19.1. The van der Waals surface area contributed by atoms with Gasteiger partial charge in [-0.25, -0.2) is 0 Å². The molecule has 1 aromatic heterocycles. The van der Waals surface area contributed by atoms with Gasteiger partial charge in [0.15, 0.2) is 5.69 Å². The van der Waals surface area contributed by atoms with Crippen LogP contribution in [-0.4, -0.2) is 47.2 Å². The molecule has 1 saturated heterocycles. The molecule has 1 aliphatic heterocycles. The SMILES string of the molecule is O=C(NCc1ccc(N2CCOCC2)cc1)c1cn(CCc2ccccc2)nn1. The van der Waals surface area contributed by atoms with Gasteiger partial charge in [0.25, 0.3) is 5.91 Å². The number of morpholine rings is 1. The second-order valence-corrected chi connectivity index (χ2v) is 7.05. The van der Waals surface area contributed by atoms with Gasteiger partial charge in [-0.2, -0.15) is 0 Å². The van der Waals surface area contributed by atoms with E-state index in [0.29, 0.717) is 18.8 Å². The minimum absolute atomic E-state index is 0.215. The molecule has 1 N–H and O–H groups in total. The highest BCUT2D eigenvalue weighted by Gasteiger charge is 2.12. The lowest BCUT2D eigenvalue weighted by Crippen LogP contribution is -2.36. The molecule has 3 aromatic rings. The van der Waals surface area contributed by atoms with E-state index >= 15 is 0 Å². The third kappa shape index (κ3) is 5.20. The van der Waals surface area contributed by atoms with Crippen molar-refractivity contribution in [3.8, 4) is 0 Å². The van der Waals surface area contributed by atoms with Gasteiger partial charge >= 0.3 is 0 Å². The van der Waals surface area contributed by atoms with Crippen LogP contribution in [0.3, 0.4) is 0 Å². The number of aromatic nitrogens is 3. The molecule has 29 heavy (non-hydrogen) atoms. The van der Waals surface area contributed by atoms with Crippen molar-refractivity contribution in [3.63, 3.8) is 0 Å². The lowest BCUT2D eigenvalue weighted by atomic mass is 10.1. The Bertz CT molecular complexity index is 918. The number of anilines is 1. The van der Waals surface area contributed by atoms with Gasteiger partial charge in [-0.3, -0.25) is 9.48 Å². The third-order valence-electron chi connectivity index (χ3n) is 5.01. The first-order chi connectivity index (χ1) is 14.3. The van der Waals surface area contributed by atoms with Gasteiger partial charge in [0.1, 0.15) is 0 Å². The van der Waals surface area contributed by atoms with Crippen LogP contribution in [0.1, 0.15) is 21.6 Å². The Labute approximate surface area is 170 Å². The van der Waals surface area contributed by atoms with Crippen LogP contribution in [0.2, 0.25) is 0 Å². The molecule has 150 valence electrons. The van der Waals surface area contributed by atoms with E-state index in [2.05, 4.69) is 44.8 Å². The molecule has 1 fully saturated rings. The molecule has 4 rings (SSSR count). The van der Waals surface area contributed by atoms with Gasteiger partial charge in [-0.05, 0) is 29.7 Å². The number of rotatable bonds is 7. The summed E-state index contributed by atoms with van der Waals surface area (Å²) < 4.78 is 7.10. The summed E-state index contributed by atoms with van der Waals surface area (Å²) in [4.78, 5) is 14.7. The first-order valence-electron chi connectivity index (χ1n) is 9.92. The fourth-order valence-corrected chi connectivity index (χ4v) is 3.32. The van der Waals surface area contributed by atoms with Gasteiger partial charge in [0, 0.05) is 31.9 Å². The van der Waals surface area contributed by atoms with E-state index in [1.807, 2.05) is 30.3 Å². The zero-order chi connectivity index (χ0) is 19.9. The largest absolute Gasteiger partial charge is 0.378 e. The van der Waals surface area contributed by atoms with E-state index in [4.69, 9.17) is 4.74 Å². The highest BCUT2D eigenvalue weighted by molar-refractivity contribution is 5.91. The Morgan fingerprint density at radius 3 is 2.52 bits per heavy atom. The van der Waals surface area contributed by atoms with E-state index in [1.54, 1.807) is 10.9 Å². The van der Waals surface area contributed by atoms with Crippen LogP contribution in [0.25, 0.3) is 0 Å². The molecule has 2 aromatic carbocycles. The Hall–Kier alpha value is -3.19. The summed E-state index contributed by atoms with van der Waals surface area (Å²) in [5.41, 5.74) is 3.80. The summed E-state index contributed by atoms with van der Waals surface area (Å²) in [6, 6.07) is 18.5. The van der Waals surface area contributed by atoms with Crippen LogP contribution < -0.4 is 10.2 Å². The molecule has 0 spiro atoms. The fourth-order valence-electron chi connectivity index (χ4n) is 3.32. The first-order valence-corrected chi connectivity index (χ1v) is 9.92. The lowest BCUT2D eigenvalue weighted by Gasteiger charge is -2.28. The van der Waals surface area contributed by atoms with Crippen LogP contribution in [0.5, 0.6) is 0 Å². The van der Waals surface area contributed by atoms with E-state index in [1.165, 1.54) is 11.3 Å². The molecule has 0 saturated carbocycles. The predicted molar refractivity (Wildman–Crippen MR) is 111 cm³/mol. The van der Waals surface area contributed by atoms with Crippen LogP contribution in [-0.2, 0) is 24.2 Å². The zero-order valence-electron chi connectivity index (χ0n) is 16.3. The average molecular weight is 391 g/mol. The molecule has 1 amide bonds. The number of nitrogens with zero attached hydrogens (tertiary/aromatic N) is 4. The fraction of sp³-hybridized carbons (Fsp3) is 0.318. The maximum atomic E-state index is 12.4. The van der Waals surface area contributed by atoms with Crippen LogP contribution in [0.15, 0.2) is 60.8 Å². The number of amides is 1. The van der Waals surface area contributed by atoms with E-state index in [9.17, 15) is 4.79 Å². The van der Waals surface area contributed by atoms with Crippen molar-refractivity contribution in [1.29, 1.82) is 0 Å². The summed E-state index contributed by atoms with van der Waals surface area (Å²) in [6.07, 6.45) is 2.54. The number of aryl methyl sites for hydroxylation is 2. The summed E-state index contributed by atoms with van der Waals surface area (Å²) >= 11 is 0. The van der Waals surface area contributed by atoms with Crippen molar-refractivity contribution in [2.75, 3.05) is 31.2 Å². The summed E-state index contributed by atoms with van der Waals surface area (Å²) in [7, 11) is 0. The second kappa shape index (κ2) is 9.34. The van der Waals surface area contributed by atoms with Gasteiger partial charge < -0.3 is 15.0 Å². The normalized spacial score (nSPS) is 14.0. The number of carbonyl (C=O) groups is 1. The smallest absolute Gasteiger partial charge is 0.273 e. The van der Waals surface area contributed by atoms with Gasteiger partial charge in [0.05, 0.1) is 19.4 Å². The van der Waals surface area contributed by atoms with Crippen molar-refractivity contribution in [2.45, 2.75) is 19.5 Å². The summed E-state index contributed by atoms with van der Waals surface area (Å²) in [5.74, 6) is -0.215. The van der Waals surface area contributed by atoms with E-state index in [-0.39, 0.29) is 5.91 Å². The average Bonchev–Trinajstić information content (AvgIpc) is 3.27. The van der Waals surface area contributed by atoms with Crippen molar-refractivity contribution in [1.82, 2.24) is 20.3 Å². The summed E-state index contributed by atoms with van der Waals surface area (Å²) in [6.45, 7) is 4.51. The number of nitrogens with one attached hydrogen (secondary N) is 1. The lowest BCUT2D eigenvalue weighted by molar-refractivity contribution is 0.0945. The number of carbonyl (C=O) groups excluding carboxylic acids is 1. The van der Waals surface area contributed by atoms with Crippen LogP contribution in [0, 0.1) is 0 Å². The van der Waals surface area contributed by atoms with Crippen LogP contribution in [0.4, 0.5) is 5.69 Å². The maximum absolute atomic E-state index is 12.4. The maximum Gasteiger partial charge on any atom is 0.273 e. The molecule has 0 aliphatic carbocycles. The van der Waals surface area contributed by atoms with Gasteiger partial charge in [0.2, 0.25) is 0 Å². The quantitative estimate of drug-likeness (QED) is 0.669. The molecule has 0 unspecified atom stereocenters. The van der Waals surface area contributed by atoms with Crippen molar-refractivity contribution >= 4 is 11.6 Å². The molecule has 2 heterocycles. The summed E-state index contributed by atoms with van der Waals surface area (Å²) in [5, 5.41) is 11.0. The third-order valence-corrected chi connectivity index (χ3v) is 5.01. The Kier molecular flexibility index (Phi) is 6.16. The van der Waals surface area contributed by atoms with Crippen LogP contribution >= 0.6 is 0 Å². The molecule has 1 aliphatic rings. The molecule has 0 bridgehead atoms. The monoisotopic (exact) mass is 391 g/mol. The Balaban J connectivity index is 1.26. The minimum atomic E-state index is -0.215. The predicted octanol–water partition coefficient (Wildman–Crippen LogP) is 2.29. The van der Waals surface area contributed by atoms with Crippen molar-refractivity contribution in [2.24, 2.45) is 0 Å². The number of ether oxygens (including phenoxy) is 1. The van der Waals surface area contributed by atoms with Gasteiger partial charge in [-0.15, -0.1) is 5.10 Å². The molecular formula is C22H25N5O2. The Morgan fingerprint density at radius 1 is 1.00 bits per heavy atom. The molecule has 7 heteroatoms. The molecule has 0 atom stereocenters. The molecule has 0 radical (unpaired) electrons. The van der Waals surface area contributed by atoms with E-state index < -0.39 is 0 Å². The van der Waals surface area contributed by atoms with Gasteiger partial charge in [-0.1, -0.05) is 47.7 Å². The minimum Gasteiger partial charge on any atom is -0.378 e. The van der Waals surface area contributed by atoms with Crippen molar-refractivity contribution in [3.05, 3.63) is 77.6 Å². The Morgan fingerprint density at radius 2 is 1.76 bits per heavy atom. The number of hydrogen-bond acceptors (Lipinski definition) is 5. The standard InChI is InChI=1S/C22H25N5O2/c28-22(21-17-27(25-24-21)11-10-18-4-2-1-3-5-18)23-16-19-6-8-20(9-7-19)26-12-14-29-15-13-26/h1-9,17H,10-16H2,(H,23,28). The molecule has 7 nitrogen and oxygen atoms in total. The zero-order valence-corrected chi connectivity index (χ0v) is 16.3. The highest BCUT2D eigenvalue weighted by Crippen LogP contribution is 2.16. The van der Waals surface area contributed by atoms with Crippen molar-refractivity contribution < 1.29 is 9.53 Å². The number of hydrogen-bond donors (Lipinski definition) is 1.